The number of rotatable bonds is 4. The topological polar surface area (TPSA) is 29.5 Å². The van der Waals surface area contributed by atoms with Crippen LogP contribution in [0.15, 0.2) is 18.2 Å². The van der Waals surface area contributed by atoms with E-state index < -0.39 is 0 Å². The molecule has 2 unspecified atom stereocenters. The minimum absolute atomic E-state index is 0.185. The molecular formula is C16H21NO2. The number of carbonyl (C=O) groups excluding carboxylic acids is 1. The summed E-state index contributed by atoms with van der Waals surface area (Å²) < 4.78 is 5.33. The number of methoxy groups -OCH3 is 1. The smallest absolute Gasteiger partial charge is 0.180 e. The Balaban J connectivity index is 1.73. The van der Waals surface area contributed by atoms with Crippen molar-refractivity contribution in [3.05, 3.63) is 29.3 Å². The normalized spacial score (nSPS) is 25.8. The van der Waals surface area contributed by atoms with E-state index >= 15 is 0 Å². The van der Waals surface area contributed by atoms with Gasteiger partial charge in [0.1, 0.15) is 5.75 Å². The predicted octanol–water partition coefficient (Wildman–Crippen LogP) is 2.67. The molecule has 0 N–H and O–H groups in total. The number of hydrogen-bond donors (Lipinski definition) is 0. The van der Waals surface area contributed by atoms with Gasteiger partial charge in [-0.05, 0) is 49.8 Å². The molecule has 102 valence electrons. The molecule has 3 rings (SSSR count). The first-order valence-electron chi connectivity index (χ1n) is 7.09. The van der Waals surface area contributed by atoms with E-state index in [1.165, 1.54) is 19.3 Å². The molecular weight excluding hydrogens is 238 g/mol. The summed E-state index contributed by atoms with van der Waals surface area (Å²) in [5, 5.41) is 0. The van der Waals surface area contributed by atoms with Crippen LogP contribution >= 0.6 is 0 Å². The Labute approximate surface area is 114 Å². The van der Waals surface area contributed by atoms with E-state index in [1.54, 1.807) is 7.11 Å². The number of aryl methyl sites for hydroxylation is 1. The molecule has 1 aliphatic carbocycles. The number of hydrogen-bond acceptors (Lipinski definition) is 3. The van der Waals surface area contributed by atoms with Crippen molar-refractivity contribution in [1.82, 2.24) is 4.90 Å². The third-order valence-corrected chi connectivity index (χ3v) is 4.53. The van der Waals surface area contributed by atoms with Crippen LogP contribution in [-0.2, 0) is 0 Å². The van der Waals surface area contributed by atoms with Gasteiger partial charge in [0.2, 0.25) is 0 Å². The fourth-order valence-electron chi connectivity index (χ4n) is 3.52. The highest BCUT2D eigenvalue weighted by molar-refractivity contribution is 6.00. The first-order chi connectivity index (χ1) is 9.17. The SMILES string of the molecule is COc1cc(C)ccc1C(=O)CN1CC2CCC1C2. The zero-order valence-electron chi connectivity index (χ0n) is 11.7. The summed E-state index contributed by atoms with van der Waals surface area (Å²) in [6.07, 6.45) is 3.91. The predicted molar refractivity (Wildman–Crippen MR) is 74.8 cm³/mol. The van der Waals surface area contributed by atoms with E-state index in [9.17, 15) is 4.79 Å². The number of fused-ring (bicyclic) bond motifs is 2. The zero-order valence-corrected chi connectivity index (χ0v) is 11.7. The van der Waals surface area contributed by atoms with Crippen LogP contribution in [0.2, 0.25) is 0 Å². The molecule has 3 nitrogen and oxygen atoms in total. The van der Waals surface area contributed by atoms with Gasteiger partial charge in [0.25, 0.3) is 0 Å². The Morgan fingerprint density at radius 3 is 2.89 bits per heavy atom. The molecule has 0 radical (unpaired) electrons. The highest BCUT2D eigenvalue weighted by Gasteiger charge is 2.38. The summed E-state index contributed by atoms with van der Waals surface area (Å²) >= 11 is 0. The molecule has 1 saturated heterocycles. The molecule has 1 saturated carbocycles. The number of nitrogens with zero attached hydrogens (tertiary/aromatic N) is 1. The van der Waals surface area contributed by atoms with Gasteiger partial charge in [0.05, 0.1) is 19.2 Å². The molecule has 2 atom stereocenters. The number of piperidine rings is 1. The van der Waals surface area contributed by atoms with E-state index in [4.69, 9.17) is 4.74 Å². The highest BCUT2D eigenvalue weighted by atomic mass is 16.5. The number of ether oxygens (including phenoxy) is 1. The van der Waals surface area contributed by atoms with Crippen LogP contribution in [0.25, 0.3) is 0 Å². The maximum absolute atomic E-state index is 12.4. The van der Waals surface area contributed by atoms with E-state index in [2.05, 4.69) is 4.90 Å². The van der Waals surface area contributed by atoms with E-state index in [0.29, 0.717) is 18.3 Å². The van der Waals surface area contributed by atoms with Crippen molar-refractivity contribution in [2.75, 3.05) is 20.2 Å². The summed E-state index contributed by atoms with van der Waals surface area (Å²) in [4.78, 5) is 14.8. The largest absolute Gasteiger partial charge is 0.496 e. The number of Topliss-reactive ketones (excluding diaryl/α,β-unsaturated/α-hetero) is 1. The van der Waals surface area contributed by atoms with Crippen molar-refractivity contribution in [2.24, 2.45) is 5.92 Å². The Hall–Kier alpha value is -1.35. The van der Waals surface area contributed by atoms with Gasteiger partial charge in [0.15, 0.2) is 5.78 Å². The summed E-state index contributed by atoms with van der Waals surface area (Å²) in [5.41, 5.74) is 1.84. The van der Waals surface area contributed by atoms with Crippen molar-refractivity contribution in [3.63, 3.8) is 0 Å². The third-order valence-electron chi connectivity index (χ3n) is 4.53. The van der Waals surface area contributed by atoms with Gasteiger partial charge < -0.3 is 4.74 Å². The molecule has 0 amide bonds. The van der Waals surface area contributed by atoms with Gasteiger partial charge in [-0.2, -0.15) is 0 Å². The van der Waals surface area contributed by atoms with E-state index in [-0.39, 0.29) is 5.78 Å². The molecule has 1 aliphatic heterocycles. The first kappa shape index (κ1) is 12.7. The number of likely N-dealkylation sites (tertiary alicyclic amines) is 1. The van der Waals surface area contributed by atoms with Crippen LogP contribution < -0.4 is 4.74 Å². The Morgan fingerprint density at radius 1 is 1.42 bits per heavy atom. The van der Waals surface area contributed by atoms with Crippen molar-refractivity contribution >= 4 is 5.78 Å². The number of carbonyl (C=O) groups is 1. The van der Waals surface area contributed by atoms with Gasteiger partial charge in [-0.15, -0.1) is 0 Å². The van der Waals surface area contributed by atoms with Crippen LogP contribution in [0.1, 0.15) is 35.2 Å². The molecule has 1 aromatic carbocycles. The second kappa shape index (κ2) is 4.97. The Bertz CT molecular complexity index is 498. The van der Waals surface area contributed by atoms with Crippen LogP contribution in [0, 0.1) is 12.8 Å². The lowest BCUT2D eigenvalue weighted by Crippen LogP contribution is -2.36. The lowest BCUT2D eigenvalue weighted by Gasteiger charge is -2.26. The highest BCUT2D eigenvalue weighted by Crippen LogP contribution is 2.37. The van der Waals surface area contributed by atoms with Crippen LogP contribution in [0.3, 0.4) is 0 Å². The first-order valence-corrected chi connectivity index (χ1v) is 7.09. The molecule has 2 bridgehead atoms. The minimum Gasteiger partial charge on any atom is -0.496 e. The third kappa shape index (κ3) is 2.39. The molecule has 0 aromatic heterocycles. The molecule has 2 aliphatic rings. The fourth-order valence-corrected chi connectivity index (χ4v) is 3.52. The standard InChI is InChI=1S/C16H21NO2/c1-11-3-6-14(16(7-11)19-2)15(18)10-17-9-12-4-5-13(17)8-12/h3,6-7,12-13H,4-5,8-10H2,1-2H3. The van der Waals surface area contributed by atoms with Crippen LogP contribution in [-0.4, -0.2) is 36.9 Å². The second-order valence-electron chi connectivity index (χ2n) is 5.89. The van der Waals surface area contributed by atoms with Crippen LogP contribution in [0.5, 0.6) is 5.75 Å². The monoisotopic (exact) mass is 259 g/mol. The number of ketones is 1. The summed E-state index contributed by atoms with van der Waals surface area (Å²) in [6.45, 7) is 3.65. The summed E-state index contributed by atoms with van der Waals surface area (Å²) in [7, 11) is 1.63. The molecule has 0 spiro atoms. The van der Waals surface area contributed by atoms with Crippen molar-refractivity contribution in [2.45, 2.75) is 32.2 Å². The molecule has 3 heteroatoms. The maximum Gasteiger partial charge on any atom is 0.180 e. The summed E-state index contributed by atoms with van der Waals surface area (Å²) in [6, 6.07) is 6.45. The van der Waals surface area contributed by atoms with Crippen molar-refractivity contribution in [1.29, 1.82) is 0 Å². The molecule has 1 aromatic rings. The lowest BCUT2D eigenvalue weighted by atomic mass is 10.1. The minimum atomic E-state index is 0.185. The maximum atomic E-state index is 12.4. The van der Waals surface area contributed by atoms with Crippen molar-refractivity contribution < 1.29 is 9.53 Å². The lowest BCUT2D eigenvalue weighted by molar-refractivity contribution is 0.0902. The van der Waals surface area contributed by atoms with Gasteiger partial charge in [-0.1, -0.05) is 6.07 Å². The van der Waals surface area contributed by atoms with Crippen molar-refractivity contribution in [3.8, 4) is 5.75 Å². The zero-order chi connectivity index (χ0) is 13.4. The molecule has 2 fully saturated rings. The van der Waals surface area contributed by atoms with E-state index in [1.807, 2.05) is 25.1 Å². The average molecular weight is 259 g/mol. The van der Waals surface area contributed by atoms with Gasteiger partial charge in [0, 0.05) is 12.6 Å². The fraction of sp³-hybridized carbons (Fsp3) is 0.562. The van der Waals surface area contributed by atoms with Crippen LogP contribution in [0.4, 0.5) is 0 Å². The summed E-state index contributed by atoms with van der Waals surface area (Å²) in [5.74, 6) is 1.72. The number of benzene rings is 1. The Morgan fingerprint density at radius 2 is 2.26 bits per heavy atom. The molecule has 19 heavy (non-hydrogen) atoms. The second-order valence-corrected chi connectivity index (χ2v) is 5.89. The average Bonchev–Trinajstić information content (AvgIpc) is 3.00. The Kier molecular flexibility index (Phi) is 3.31. The van der Waals surface area contributed by atoms with Gasteiger partial charge in [-0.25, -0.2) is 0 Å². The van der Waals surface area contributed by atoms with Gasteiger partial charge >= 0.3 is 0 Å². The van der Waals surface area contributed by atoms with E-state index in [0.717, 1.165) is 23.6 Å². The van der Waals surface area contributed by atoms with Gasteiger partial charge in [-0.3, -0.25) is 9.69 Å². The quantitative estimate of drug-likeness (QED) is 0.779. The molecule has 1 heterocycles.